The zero-order chi connectivity index (χ0) is 13.9. The maximum absolute atomic E-state index is 4.45. The van der Waals surface area contributed by atoms with Crippen molar-refractivity contribution in [3.05, 3.63) is 40.3 Å². The van der Waals surface area contributed by atoms with Gasteiger partial charge in [0.15, 0.2) is 0 Å². The van der Waals surface area contributed by atoms with Crippen molar-refractivity contribution in [2.75, 3.05) is 17.2 Å². The summed E-state index contributed by atoms with van der Waals surface area (Å²) >= 11 is 5.21. The van der Waals surface area contributed by atoms with E-state index >= 15 is 0 Å². The predicted octanol–water partition coefficient (Wildman–Crippen LogP) is 4.63. The molecule has 0 aliphatic heterocycles. The Morgan fingerprint density at radius 1 is 1.30 bits per heavy atom. The van der Waals surface area contributed by atoms with E-state index in [0.717, 1.165) is 22.5 Å². The van der Waals surface area contributed by atoms with Crippen molar-refractivity contribution in [1.29, 1.82) is 0 Å². The molecule has 2 heterocycles. The summed E-state index contributed by atoms with van der Waals surface area (Å²) in [5, 5.41) is 9.75. The van der Waals surface area contributed by atoms with Crippen molar-refractivity contribution in [1.82, 2.24) is 9.97 Å². The van der Waals surface area contributed by atoms with Crippen molar-refractivity contribution in [3.8, 4) is 0 Å². The minimum atomic E-state index is 0.620. The van der Waals surface area contributed by atoms with Crippen LogP contribution in [0.1, 0.15) is 6.92 Å². The fraction of sp³-hybridized carbons (Fsp3) is 0.143. The molecule has 0 amide bonds. The molecule has 0 bridgehead atoms. The molecule has 0 saturated heterocycles. The van der Waals surface area contributed by atoms with Gasteiger partial charge in [-0.25, -0.2) is 4.98 Å². The fourth-order valence-electron chi connectivity index (χ4n) is 1.88. The van der Waals surface area contributed by atoms with Crippen LogP contribution in [0.5, 0.6) is 0 Å². The van der Waals surface area contributed by atoms with Gasteiger partial charge >= 0.3 is 0 Å². The molecule has 0 radical (unpaired) electrons. The minimum absolute atomic E-state index is 0.620. The van der Waals surface area contributed by atoms with Crippen LogP contribution in [0.2, 0.25) is 0 Å². The lowest BCUT2D eigenvalue weighted by Gasteiger charge is -2.09. The first-order valence-electron chi connectivity index (χ1n) is 6.27. The molecule has 0 saturated carbocycles. The van der Waals surface area contributed by atoms with Crippen LogP contribution in [0.4, 0.5) is 17.5 Å². The second kappa shape index (κ2) is 5.76. The largest absolute Gasteiger partial charge is 0.354 e. The van der Waals surface area contributed by atoms with E-state index in [1.165, 1.54) is 10.1 Å². The normalized spacial score (nSPS) is 10.7. The van der Waals surface area contributed by atoms with Gasteiger partial charge in [-0.2, -0.15) is 4.98 Å². The van der Waals surface area contributed by atoms with Gasteiger partial charge in [0.05, 0.1) is 4.47 Å². The minimum Gasteiger partial charge on any atom is -0.354 e. The summed E-state index contributed by atoms with van der Waals surface area (Å²) in [6, 6.07) is 8.40. The number of hydrogen-bond donors (Lipinski definition) is 2. The van der Waals surface area contributed by atoms with Gasteiger partial charge in [-0.05, 0) is 57.9 Å². The second-order valence-electron chi connectivity index (χ2n) is 4.22. The molecule has 3 rings (SSSR count). The quantitative estimate of drug-likeness (QED) is 0.721. The Bertz CT molecular complexity index is 741. The van der Waals surface area contributed by atoms with Crippen LogP contribution in [0.25, 0.3) is 10.1 Å². The number of anilines is 3. The summed E-state index contributed by atoms with van der Waals surface area (Å²) in [5.41, 5.74) is 1.01. The van der Waals surface area contributed by atoms with E-state index in [9.17, 15) is 0 Å². The molecule has 6 heteroatoms. The predicted molar refractivity (Wildman–Crippen MR) is 89.0 cm³/mol. The van der Waals surface area contributed by atoms with Gasteiger partial charge in [0.2, 0.25) is 5.95 Å². The molecule has 0 unspecified atom stereocenters. The highest BCUT2D eigenvalue weighted by atomic mass is 79.9. The molecule has 4 nitrogen and oxygen atoms in total. The lowest BCUT2D eigenvalue weighted by atomic mass is 10.2. The molecule has 0 aliphatic rings. The Kier molecular flexibility index (Phi) is 3.84. The zero-order valence-corrected chi connectivity index (χ0v) is 13.3. The first kappa shape index (κ1) is 13.3. The number of thiophene rings is 1. The van der Waals surface area contributed by atoms with Crippen LogP contribution in [-0.2, 0) is 0 Å². The molecule has 20 heavy (non-hydrogen) atoms. The van der Waals surface area contributed by atoms with Crippen LogP contribution < -0.4 is 10.6 Å². The van der Waals surface area contributed by atoms with Crippen LogP contribution in [0.15, 0.2) is 40.3 Å². The molecule has 0 spiro atoms. The number of halogens is 1. The van der Waals surface area contributed by atoms with E-state index in [1.54, 1.807) is 17.5 Å². The lowest BCUT2D eigenvalue weighted by Crippen LogP contribution is -2.04. The van der Waals surface area contributed by atoms with Gasteiger partial charge in [-0.1, -0.05) is 0 Å². The van der Waals surface area contributed by atoms with E-state index in [2.05, 4.69) is 66.2 Å². The average Bonchev–Trinajstić information content (AvgIpc) is 2.90. The Morgan fingerprint density at radius 3 is 3.05 bits per heavy atom. The van der Waals surface area contributed by atoms with E-state index in [4.69, 9.17) is 0 Å². The van der Waals surface area contributed by atoms with Crippen LogP contribution in [0.3, 0.4) is 0 Å². The average molecular weight is 349 g/mol. The number of nitrogens with one attached hydrogen (secondary N) is 2. The first-order chi connectivity index (χ1) is 9.76. The summed E-state index contributed by atoms with van der Waals surface area (Å²) in [6.07, 6.45) is 1.75. The first-order valence-corrected chi connectivity index (χ1v) is 7.94. The fourth-order valence-corrected chi connectivity index (χ4v) is 2.94. The van der Waals surface area contributed by atoms with Crippen molar-refractivity contribution in [2.45, 2.75) is 6.92 Å². The Labute approximate surface area is 129 Å². The van der Waals surface area contributed by atoms with E-state index in [-0.39, 0.29) is 0 Å². The molecule has 1 aromatic carbocycles. The molecule has 0 atom stereocenters. The molecule has 2 aromatic heterocycles. The third-order valence-corrected chi connectivity index (χ3v) is 4.27. The van der Waals surface area contributed by atoms with Crippen LogP contribution >= 0.6 is 27.3 Å². The van der Waals surface area contributed by atoms with Crippen LogP contribution in [0, 0.1) is 0 Å². The Balaban J connectivity index is 1.91. The van der Waals surface area contributed by atoms with E-state index < -0.39 is 0 Å². The third kappa shape index (κ3) is 2.76. The van der Waals surface area contributed by atoms with E-state index in [0.29, 0.717) is 5.95 Å². The van der Waals surface area contributed by atoms with Crippen molar-refractivity contribution in [3.63, 3.8) is 0 Å². The summed E-state index contributed by atoms with van der Waals surface area (Å²) in [6.45, 7) is 2.81. The molecule has 0 fully saturated rings. The highest BCUT2D eigenvalue weighted by molar-refractivity contribution is 9.10. The van der Waals surface area contributed by atoms with Crippen molar-refractivity contribution in [2.24, 2.45) is 0 Å². The molecule has 102 valence electrons. The summed E-state index contributed by atoms with van der Waals surface area (Å²) in [4.78, 5) is 8.65. The van der Waals surface area contributed by atoms with Crippen molar-refractivity contribution < 1.29 is 0 Å². The summed E-state index contributed by atoms with van der Waals surface area (Å²) in [7, 11) is 0. The van der Waals surface area contributed by atoms with Crippen LogP contribution in [-0.4, -0.2) is 16.5 Å². The SMILES string of the molecule is CCNc1ncc(Br)c(Nc2ccc3sccc3c2)n1. The summed E-state index contributed by atoms with van der Waals surface area (Å²) in [5.74, 6) is 1.38. The number of fused-ring (bicyclic) bond motifs is 1. The second-order valence-corrected chi connectivity index (χ2v) is 6.02. The molecule has 0 aliphatic carbocycles. The topological polar surface area (TPSA) is 49.8 Å². The molecule has 3 aromatic rings. The van der Waals surface area contributed by atoms with Gasteiger partial charge < -0.3 is 10.6 Å². The van der Waals surface area contributed by atoms with Gasteiger partial charge in [-0.15, -0.1) is 11.3 Å². The molecular weight excluding hydrogens is 336 g/mol. The maximum atomic E-state index is 4.45. The van der Waals surface area contributed by atoms with Crippen molar-refractivity contribution >= 4 is 54.8 Å². The van der Waals surface area contributed by atoms with E-state index in [1.807, 2.05) is 6.92 Å². The Hall–Kier alpha value is -1.66. The lowest BCUT2D eigenvalue weighted by molar-refractivity contribution is 1.08. The van der Waals surface area contributed by atoms with Gasteiger partial charge in [0.1, 0.15) is 5.82 Å². The monoisotopic (exact) mass is 348 g/mol. The molecule has 2 N–H and O–H groups in total. The molecular formula is C14H13BrN4S. The zero-order valence-electron chi connectivity index (χ0n) is 10.9. The van der Waals surface area contributed by atoms with Gasteiger partial charge in [-0.3, -0.25) is 0 Å². The standard InChI is InChI=1S/C14H13BrN4S/c1-2-16-14-17-8-11(15)13(19-14)18-10-3-4-12-9(7-10)5-6-20-12/h3-8H,2H2,1H3,(H2,16,17,18,19). The number of nitrogens with zero attached hydrogens (tertiary/aromatic N) is 2. The van der Waals surface area contributed by atoms with Gasteiger partial charge in [0.25, 0.3) is 0 Å². The highest BCUT2D eigenvalue weighted by Crippen LogP contribution is 2.28. The summed E-state index contributed by atoms with van der Waals surface area (Å²) < 4.78 is 2.12. The number of aromatic nitrogens is 2. The number of hydrogen-bond acceptors (Lipinski definition) is 5. The van der Waals surface area contributed by atoms with Gasteiger partial charge in [0, 0.05) is 23.1 Å². The Morgan fingerprint density at radius 2 is 2.20 bits per heavy atom. The number of rotatable bonds is 4. The highest BCUT2D eigenvalue weighted by Gasteiger charge is 2.06. The number of benzene rings is 1. The maximum Gasteiger partial charge on any atom is 0.224 e. The smallest absolute Gasteiger partial charge is 0.224 e. The third-order valence-electron chi connectivity index (χ3n) is 2.79.